The molecule has 0 nitrogen and oxygen atoms in total. The molecule has 1 aromatic carbocycles. The summed E-state index contributed by atoms with van der Waals surface area (Å²) in [6.07, 6.45) is 10.1. The monoisotopic (exact) mass is 424 g/mol. The zero-order chi connectivity index (χ0) is 21.7. The van der Waals surface area contributed by atoms with Crippen molar-refractivity contribution in [2.45, 2.75) is 70.9 Å². The van der Waals surface area contributed by atoms with E-state index in [9.17, 15) is 22.0 Å². The van der Waals surface area contributed by atoms with E-state index >= 15 is 0 Å². The Hall–Kier alpha value is -1.83. The molecule has 0 amide bonds. The number of hydrogen-bond acceptors (Lipinski definition) is 0. The molecule has 0 saturated heterocycles. The van der Waals surface area contributed by atoms with Crippen LogP contribution in [0.3, 0.4) is 0 Å². The van der Waals surface area contributed by atoms with Gasteiger partial charge in [0.2, 0.25) is 0 Å². The van der Waals surface area contributed by atoms with E-state index in [2.05, 4.69) is 18.8 Å². The summed E-state index contributed by atoms with van der Waals surface area (Å²) in [5.74, 6) is 5.04. The van der Waals surface area contributed by atoms with Crippen molar-refractivity contribution in [1.29, 1.82) is 0 Å². The molecule has 30 heavy (non-hydrogen) atoms. The van der Waals surface area contributed by atoms with Crippen LogP contribution >= 0.6 is 0 Å². The van der Waals surface area contributed by atoms with Crippen LogP contribution in [-0.2, 0) is 6.18 Å². The van der Waals surface area contributed by atoms with E-state index in [-0.39, 0.29) is 5.56 Å². The van der Waals surface area contributed by atoms with Gasteiger partial charge in [0.05, 0.1) is 0 Å². The summed E-state index contributed by atoms with van der Waals surface area (Å²) < 4.78 is 65.0. The highest BCUT2D eigenvalue weighted by atomic mass is 19.4. The summed E-state index contributed by atoms with van der Waals surface area (Å²) in [7, 11) is 0. The molecule has 0 aromatic heterocycles. The fourth-order valence-corrected chi connectivity index (χ4v) is 5.10. The molecule has 2 aliphatic rings. The molecule has 0 atom stereocenters. The summed E-state index contributed by atoms with van der Waals surface area (Å²) in [5, 5.41) is 0. The summed E-state index contributed by atoms with van der Waals surface area (Å²) in [4.78, 5) is 0. The Kier molecular flexibility index (Phi) is 7.60. The van der Waals surface area contributed by atoms with E-state index in [0.29, 0.717) is 18.1 Å². The molecule has 0 N–H and O–H groups in total. The van der Waals surface area contributed by atoms with Crippen molar-refractivity contribution in [3.63, 3.8) is 0 Å². The fraction of sp³-hybridized carbons (Fsp3) is 0.600. The second-order valence-corrected chi connectivity index (χ2v) is 8.81. The van der Waals surface area contributed by atoms with Gasteiger partial charge < -0.3 is 0 Å². The predicted octanol–water partition coefficient (Wildman–Crippen LogP) is 7.91. The largest absolute Gasteiger partial charge is 0.422 e. The number of allylic oxidation sites excluding steroid dienone is 2. The molecular formula is C25H29F5. The van der Waals surface area contributed by atoms with E-state index in [1.807, 2.05) is 6.08 Å². The van der Waals surface area contributed by atoms with Crippen LogP contribution in [0.15, 0.2) is 24.3 Å². The molecular weight excluding hydrogens is 395 g/mol. The maximum Gasteiger partial charge on any atom is 0.422 e. The number of rotatable bonds is 3. The second-order valence-electron chi connectivity index (χ2n) is 8.81. The van der Waals surface area contributed by atoms with Gasteiger partial charge >= 0.3 is 6.18 Å². The first-order valence-corrected chi connectivity index (χ1v) is 11.0. The number of alkyl halides is 3. The van der Waals surface area contributed by atoms with Crippen molar-refractivity contribution in [1.82, 2.24) is 0 Å². The molecule has 164 valence electrons. The van der Waals surface area contributed by atoms with Crippen LogP contribution in [0.4, 0.5) is 22.0 Å². The molecule has 0 spiro atoms. The first-order chi connectivity index (χ1) is 14.3. The predicted molar refractivity (Wildman–Crippen MR) is 109 cm³/mol. The van der Waals surface area contributed by atoms with Gasteiger partial charge in [0, 0.05) is 5.56 Å². The van der Waals surface area contributed by atoms with E-state index in [1.54, 1.807) is 6.08 Å². The Morgan fingerprint density at radius 2 is 1.43 bits per heavy atom. The Balaban J connectivity index is 1.50. The van der Waals surface area contributed by atoms with Gasteiger partial charge in [-0.15, -0.1) is 0 Å². The molecule has 2 fully saturated rings. The smallest absolute Gasteiger partial charge is 0.206 e. The van der Waals surface area contributed by atoms with Crippen LogP contribution < -0.4 is 0 Å². The standard InChI is InChI=1S/C25H29F5/c1-2-17-7-11-20(12-8-17)21-13-9-18(10-14-21)5-3-4-6-19-15-22(26)24(23(27)16-19)25(28,29)30/h3,5,15-18,20-21H,2,7-14H2,1H3/b5-3+. The fourth-order valence-electron chi connectivity index (χ4n) is 5.10. The molecule has 3 rings (SSSR count). The Morgan fingerprint density at radius 1 is 0.900 bits per heavy atom. The summed E-state index contributed by atoms with van der Waals surface area (Å²) in [6, 6.07) is 1.26. The van der Waals surface area contributed by atoms with E-state index in [0.717, 1.165) is 30.6 Å². The lowest BCUT2D eigenvalue weighted by atomic mass is 9.69. The van der Waals surface area contributed by atoms with E-state index in [4.69, 9.17) is 0 Å². The first kappa shape index (κ1) is 22.8. The van der Waals surface area contributed by atoms with Crippen molar-refractivity contribution in [3.8, 4) is 11.8 Å². The van der Waals surface area contributed by atoms with Crippen molar-refractivity contribution < 1.29 is 22.0 Å². The Morgan fingerprint density at radius 3 is 1.93 bits per heavy atom. The average molecular weight is 424 g/mol. The van der Waals surface area contributed by atoms with Gasteiger partial charge in [0.1, 0.15) is 17.2 Å². The third-order valence-corrected chi connectivity index (χ3v) is 6.95. The van der Waals surface area contributed by atoms with Crippen LogP contribution in [0, 0.1) is 47.1 Å². The molecule has 1 aromatic rings. The van der Waals surface area contributed by atoms with Crippen molar-refractivity contribution in [2.24, 2.45) is 23.7 Å². The van der Waals surface area contributed by atoms with Crippen molar-refractivity contribution in [3.05, 3.63) is 47.0 Å². The average Bonchev–Trinajstić information content (AvgIpc) is 2.70. The maximum atomic E-state index is 13.6. The minimum Gasteiger partial charge on any atom is -0.206 e. The van der Waals surface area contributed by atoms with Crippen LogP contribution in [0.5, 0.6) is 0 Å². The highest BCUT2D eigenvalue weighted by Gasteiger charge is 2.37. The van der Waals surface area contributed by atoms with E-state index in [1.165, 1.54) is 44.9 Å². The normalized spacial score (nSPS) is 27.7. The van der Waals surface area contributed by atoms with Gasteiger partial charge in [-0.1, -0.05) is 44.1 Å². The highest BCUT2D eigenvalue weighted by Crippen LogP contribution is 2.42. The SMILES string of the molecule is CCC1CCC(C2CCC(/C=C/C#Cc3cc(F)c(C(F)(F)F)c(F)c3)CC2)CC1. The summed E-state index contributed by atoms with van der Waals surface area (Å²) >= 11 is 0. The second kappa shape index (κ2) is 9.98. The van der Waals surface area contributed by atoms with E-state index < -0.39 is 23.4 Å². The molecule has 5 heteroatoms. The minimum absolute atomic E-state index is 0.103. The summed E-state index contributed by atoms with van der Waals surface area (Å²) in [6.45, 7) is 2.29. The van der Waals surface area contributed by atoms with Crippen LogP contribution in [0.25, 0.3) is 0 Å². The van der Waals surface area contributed by atoms with Gasteiger partial charge in [-0.25, -0.2) is 8.78 Å². The molecule has 0 heterocycles. The Labute approximate surface area is 175 Å². The number of benzene rings is 1. The van der Waals surface area contributed by atoms with Gasteiger partial charge in [0.15, 0.2) is 0 Å². The third-order valence-electron chi connectivity index (χ3n) is 6.95. The maximum absolute atomic E-state index is 13.6. The van der Waals surface area contributed by atoms with Crippen LogP contribution in [0.1, 0.15) is 75.8 Å². The topological polar surface area (TPSA) is 0 Å². The molecule has 0 bridgehead atoms. The molecule has 0 radical (unpaired) electrons. The third kappa shape index (κ3) is 5.86. The van der Waals surface area contributed by atoms with Crippen LogP contribution in [-0.4, -0.2) is 0 Å². The van der Waals surface area contributed by atoms with Crippen LogP contribution in [0.2, 0.25) is 0 Å². The van der Waals surface area contributed by atoms with Gasteiger partial charge in [-0.2, -0.15) is 13.2 Å². The zero-order valence-corrected chi connectivity index (χ0v) is 17.4. The minimum atomic E-state index is -5.06. The van der Waals surface area contributed by atoms with Gasteiger partial charge in [0.25, 0.3) is 0 Å². The lowest BCUT2D eigenvalue weighted by Crippen LogP contribution is -2.25. The van der Waals surface area contributed by atoms with Gasteiger partial charge in [-0.05, 0) is 80.4 Å². The molecule has 2 aliphatic carbocycles. The molecule has 0 aliphatic heterocycles. The molecule has 0 unspecified atom stereocenters. The first-order valence-electron chi connectivity index (χ1n) is 11.0. The lowest BCUT2D eigenvalue weighted by molar-refractivity contribution is -0.142. The quantitative estimate of drug-likeness (QED) is 0.342. The Bertz CT molecular complexity index is 772. The highest BCUT2D eigenvalue weighted by molar-refractivity contribution is 5.40. The molecule has 2 saturated carbocycles. The number of hydrogen-bond donors (Lipinski definition) is 0. The van der Waals surface area contributed by atoms with Crippen molar-refractivity contribution in [2.75, 3.05) is 0 Å². The lowest BCUT2D eigenvalue weighted by Gasteiger charge is -2.37. The number of halogens is 5. The summed E-state index contributed by atoms with van der Waals surface area (Å²) in [5.41, 5.74) is -1.97. The zero-order valence-electron chi connectivity index (χ0n) is 17.4. The van der Waals surface area contributed by atoms with Crippen molar-refractivity contribution >= 4 is 0 Å². The van der Waals surface area contributed by atoms with Gasteiger partial charge in [-0.3, -0.25) is 0 Å².